The number of sulfonamides is 1. The van der Waals surface area contributed by atoms with E-state index in [9.17, 15) is 8.42 Å². The van der Waals surface area contributed by atoms with Crippen molar-refractivity contribution in [3.05, 3.63) is 21.8 Å². The summed E-state index contributed by atoms with van der Waals surface area (Å²) in [6, 6.07) is 4.92. The summed E-state index contributed by atoms with van der Waals surface area (Å²) < 4.78 is 31.9. The van der Waals surface area contributed by atoms with Gasteiger partial charge in [0.1, 0.15) is 5.75 Å². The molecule has 0 heterocycles. The first-order chi connectivity index (χ1) is 7.97. The number of hydrogen-bond acceptors (Lipinski definition) is 3. The molecular formula is C11H16INO3S. The van der Waals surface area contributed by atoms with E-state index < -0.39 is 10.0 Å². The molecule has 0 aliphatic carbocycles. The van der Waals surface area contributed by atoms with Gasteiger partial charge in [-0.25, -0.2) is 8.42 Å². The third-order valence-corrected chi connectivity index (χ3v) is 5.40. The fourth-order valence-electron chi connectivity index (χ4n) is 1.51. The average Bonchev–Trinajstić information content (AvgIpc) is 2.30. The van der Waals surface area contributed by atoms with E-state index in [0.717, 1.165) is 3.57 Å². The fraction of sp³-hybridized carbons (Fsp3) is 0.455. The van der Waals surface area contributed by atoms with E-state index in [4.69, 9.17) is 4.74 Å². The van der Waals surface area contributed by atoms with Crippen molar-refractivity contribution in [2.45, 2.75) is 18.7 Å². The number of nitrogens with zero attached hydrogens (tertiary/aromatic N) is 1. The lowest BCUT2D eigenvalue weighted by Gasteiger charge is -2.18. The number of ether oxygens (including phenoxy) is 1. The van der Waals surface area contributed by atoms with E-state index in [1.165, 1.54) is 11.4 Å². The van der Waals surface area contributed by atoms with Gasteiger partial charge in [-0.05, 0) is 34.7 Å². The number of hydrogen-bond donors (Lipinski definition) is 0. The third-order valence-electron chi connectivity index (χ3n) is 2.47. The van der Waals surface area contributed by atoms with Crippen LogP contribution in [-0.2, 0) is 10.0 Å². The summed E-state index contributed by atoms with van der Waals surface area (Å²) >= 11 is 2.11. The number of halogens is 1. The summed E-state index contributed by atoms with van der Waals surface area (Å²) in [6.45, 7) is 4.58. The Morgan fingerprint density at radius 1 is 1.29 bits per heavy atom. The first kappa shape index (κ1) is 14.7. The fourth-order valence-corrected chi connectivity index (χ4v) is 3.54. The van der Waals surface area contributed by atoms with E-state index in [2.05, 4.69) is 22.6 Å². The summed E-state index contributed by atoms with van der Waals surface area (Å²) in [7, 11) is -1.87. The highest BCUT2D eigenvalue weighted by molar-refractivity contribution is 14.1. The minimum atomic E-state index is -3.40. The minimum Gasteiger partial charge on any atom is -0.496 e. The molecule has 0 bridgehead atoms. The van der Waals surface area contributed by atoms with Crippen LogP contribution in [0.2, 0.25) is 0 Å². The SMILES string of the molecule is CCN(CC)S(=O)(=O)c1ccc(I)c(OC)c1. The van der Waals surface area contributed by atoms with Gasteiger partial charge in [-0.1, -0.05) is 13.8 Å². The first-order valence-electron chi connectivity index (χ1n) is 5.31. The second-order valence-electron chi connectivity index (χ2n) is 3.39. The summed E-state index contributed by atoms with van der Waals surface area (Å²) in [5, 5.41) is 0. The Bertz CT molecular complexity index is 483. The molecule has 0 radical (unpaired) electrons. The zero-order valence-electron chi connectivity index (χ0n) is 10.1. The highest BCUT2D eigenvalue weighted by Gasteiger charge is 2.22. The Labute approximate surface area is 116 Å². The summed E-state index contributed by atoms with van der Waals surface area (Å²) in [4.78, 5) is 0.276. The molecule has 4 nitrogen and oxygen atoms in total. The van der Waals surface area contributed by atoms with Crippen LogP contribution < -0.4 is 4.74 Å². The average molecular weight is 369 g/mol. The molecule has 0 aliphatic heterocycles. The van der Waals surface area contributed by atoms with Gasteiger partial charge >= 0.3 is 0 Å². The second-order valence-corrected chi connectivity index (χ2v) is 6.49. The first-order valence-corrected chi connectivity index (χ1v) is 7.82. The molecule has 17 heavy (non-hydrogen) atoms. The molecule has 0 unspecified atom stereocenters. The predicted molar refractivity (Wildman–Crippen MR) is 75.8 cm³/mol. The highest BCUT2D eigenvalue weighted by atomic mass is 127. The van der Waals surface area contributed by atoms with Crippen LogP contribution in [0.5, 0.6) is 5.75 Å². The van der Waals surface area contributed by atoms with Gasteiger partial charge in [0, 0.05) is 19.2 Å². The van der Waals surface area contributed by atoms with Crippen molar-refractivity contribution in [1.29, 1.82) is 0 Å². The molecule has 96 valence electrons. The standard InChI is InChI=1S/C11H16INO3S/c1-4-13(5-2)17(14,15)9-6-7-10(12)11(8-9)16-3/h6-8H,4-5H2,1-3H3. The van der Waals surface area contributed by atoms with Crippen LogP contribution in [0.3, 0.4) is 0 Å². The minimum absolute atomic E-state index is 0.276. The summed E-state index contributed by atoms with van der Waals surface area (Å²) in [5.74, 6) is 0.582. The lowest BCUT2D eigenvalue weighted by atomic mass is 10.3. The van der Waals surface area contributed by atoms with Gasteiger partial charge < -0.3 is 4.74 Å². The van der Waals surface area contributed by atoms with Crippen LogP contribution in [0.4, 0.5) is 0 Å². The van der Waals surface area contributed by atoms with Gasteiger partial charge in [-0.2, -0.15) is 4.31 Å². The van der Waals surface area contributed by atoms with Crippen LogP contribution in [0.25, 0.3) is 0 Å². The summed E-state index contributed by atoms with van der Waals surface area (Å²) in [6.07, 6.45) is 0. The van der Waals surface area contributed by atoms with Gasteiger partial charge in [0.2, 0.25) is 10.0 Å². The summed E-state index contributed by atoms with van der Waals surface area (Å²) in [5.41, 5.74) is 0. The predicted octanol–water partition coefficient (Wildman–Crippen LogP) is 2.33. The van der Waals surface area contributed by atoms with Gasteiger partial charge in [-0.15, -0.1) is 0 Å². The Hall–Kier alpha value is -0.340. The number of rotatable bonds is 5. The van der Waals surface area contributed by atoms with E-state index in [1.54, 1.807) is 18.2 Å². The molecule has 0 aliphatic rings. The van der Waals surface area contributed by atoms with E-state index >= 15 is 0 Å². The van der Waals surface area contributed by atoms with Crippen molar-refractivity contribution >= 4 is 32.6 Å². The van der Waals surface area contributed by atoms with Crippen LogP contribution in [0.1, 0.15) is 13.8 Å². The molecule has 1 rings (SSSR count). The van der Waals surface area contributed by atoms with E-state index in [-0.39, 0.29) is 4.90 Å². The molecule has 0 atom stereocenters. The van der Waals surface area contributed by atoms with Gasteiger partial charge in [0.25, 0.3) is 0 Å². The second kappa shape index (κ2) is 6.01. The molecule has 6 heteroatoms. The smallest absolute Gasteiger partial charge is 0.243 e. The van der Waals surface area contributed by atoms with Crippen LogP contribution in [0.15, 0.2) is 23.1 Å². The zero-order chi connectivity index (χ0) is 13.1. The molecule has 0 amide bonds. The Morgan fingerprint density at radius 3 is 2.35 bits per heavy atom. The molecule has 1 aromatic rings. The molecule has 0 spiro atoms. The third kappa shape index (κ3) is 3.11. The van der Waals surface area contributed by atoms with Gasteiger partial charge in [0.15, 0.2) is 0 Å². The Kier molecular flexibility index (Phi) is 5.21. The normalized spacial score (nSPS) is 11.8. The maximum Gasteiger partial charge on any atom is 0.243 e. The van der Waals surface area contributed by atoms with E-state index in [1.807, 2.05) is 13.8 Å². The molecule has 0 fully saturated rings. The van der Waals surface area contributed by atoms with Crippen molar-refractivity contribution in [3.8, 4) is 5.75 Å². The van der Waals surface area contributed by atoms with E-state index in [0.29, 0.717) is 18.8 Å². The monoisotopic (exact) mass is 369 g/mol. The molecule has 1 aromatic carbocycles. The van der Waals surface area contributed by atoms with Crippen molar-refractivity contribution in [1.82, 2.24) is 4.31 Å². The number of benzene rings is 1. The van der Waals surface area contributed by atoms with Crippen LogP contribution in [0, 0.1) is 3.57 Å². The number of methoxy groups -OCH3 is 1. The van der Waals surface area contributed by atoms with Crippen molar-refractivity contribution < 1.29 is 13.2 Å². The largest absolute Gasteiger partial charge is 0.496 e. The van der Waals surface area contributed by atoms with Gasteiger partial charge in [0.05, 0.1) is 15.6 Å². The molecule has 0 saturated heterocycles. The Morgan fingerprint density at radius 2 is 1.88 bits per heavy atom. The lowest BCUT2D eigenvalue weighted by molar-refractivity contribution is 0.409. The van der Waals surface area contributed by atoms with Crippen LogP contribution in [-0.4, -0.2) is 32.9 Å². The van der Waals surface area contributed by atoms with Crippen molar-refractivity contribution in [2.24, 2.45) is 0 Å². The lowest BCUT2D eigenvalue weighted by Crippen LogP contribution is -2.30. The molecule has 0 N–H and O–H groups in total. The van der Waals surface area contributed by atoms with Crippen molar-refractivity contribution in [3.63, 3.8) is 0 Å². The van der Waals surface area contributed by atoms with Crippen molar-refractivity contribution in [2.75, 3.05) is 20.2 Å². The Balaban J connectivity index is 3.24. The molecule has 0 aromatic heterocycles. The highest BCUT2D eigenvalue weighted by Crippen LogP contribution is 2.25. The maximum atomic E-state index is 12.2. The maximum absolute atomic E-state index is 12.2. The topological polar surface area (TPSA) is 46.6 Å². The molecular weight excluding hydrogens is 353 g/mol. The van der Waals surface area contributed by atoms with Gasteiger partial charge in [-0.3, -0.25) is 0 Å². The zero-order valence-corrected chi connectivity index (χ0v) is 13.1. The molecule has 0 saturated carbocycles. The van der Waals surface area contributed by atoms with Crippen LogP contribution >= 0.6 is 22.6 Å². The quantitative estimate of drug-likeness (QED) is 0.749.